The third-order valence-corrected chi connectivity index (χ3v) is 3.97. The van der Waals surface area contributed by atoms with Gasteiger partial charge in [-0.1, -0.05) is 0 Å². The maximum absolute atomic E-state index is 12.2. The van der Waals surface area contributed by atoms with Crippen LogP contribution in [0.5, 0.6) is 0 Å². The molecule has 0 radical (unpaired) electrons. The Hall–Kier alpha value is -1.36. The van der Waals surface area contributed by atoms with Crippen molar-refractivity contribution in [1.82, 2.24) is 15.1 Å². The molecule has 0 saturated carbocycles. The second-order valence-corrected chi connectivity index (χ2v) is 5.27. The van der Waals surface area contributed by atoms with Crippen LogP contribution in [0.25, 0.3) is 0 Å². The minimum absolute atomic E-state index is 0.261. The third kappa shape index (κ3) is 2.14. The van der Waals surface area contributed by atoms with Gasteiger partial charge < -0.3 is 9.64 Å². The predicted molar refractivity (Wildman–Crippen MR) is 66.0 cm³/mol. The van der Waals surface area contributed by atoms with Gasteiger partial charge in [-0.2, -0.15) is 5.10 Å². The summed E-state index contributed by atoms with van der Waals surface area (Å²) in [5.41, 5.74) is 3.42. The Morgan fingerprint density at radius 3 is 3.28 bits per heavy atom. The number of aryl methyl sites for hydroxylation is 1. The smallest absolute Gasteiger partial charge is 0.223 e. The summed E-state index contributed by atoms with van der Waals surface area (Å²) in [6.07, 6.45) is 2.52. The standard InChI is InChI=1S/C13H19N3O2/c1-9-11-7-16(4-2-12(11)15-14-9)13(17)6-10-3-5-18-8-10/h10H,2-8H2,1H3,(H,14,15)/t10-/m1/s1. The van der Waals surface area contributed by atoms with Crippen molar-refractivity contribution >= 4 is 5.91 Å². The normalized spacial score (nSPS) is 23.2. The Morgan fingerprint density at radius 2 is 2.50 bits per heavy atom. The summed E-state index contributed by atoms with van der Waals surface area (Å²) < 4.78 is 5.32. The van der Waals surface area contributed by atoms with Gasteiger partial charge in [-0.25, -0.2) is 0 Å². The summed E-state index contributed by atoms with van der Waals surface area (Å²) in [5, 5.41) is 7.27. The highest BCUT2D eigenvalue weighted by Gasteiger charge is 2.27. The van der Waals surface area contributed by atoms with Crippen molar-refractivity contribution in [3.05, 3.63) is 17.0 Å². The first-order valence-electron chi connectivity index (χ1n) is 6.62. The number of rotatable bonds is 2. The van der Waals surface area contributed by atoms with E-state index in [4.69, 9.17) is 4.74 Å². The second-order valence-electron chi connectivity index (χ2n) is 5.27. The number of hydrogen-bond donors (Lipinski definition) is 1. The Balaban J connectivity index is 1.64. The van der Waals surface area contributed by atoms with Crippen molar-refractivity contribution < 1.29 is 9.53 Å². The summed E-state index contributed by atoms with van der Waals surface area (Å²) in [7, 11) is 0. The molecule has 18 heavy (non-hydrogen) atoms. The molecule has 5 nitrogen and oxygen atoms in total. The Labute approximate surface area is 107 Å². The average Bonchev–Trinajstić information content (AvgIpc) is 3.00. The van der Waals surface area contributed by atoms with Gasteiger partial charge in [-0.3, -0.25) is 9.89 Å². The first kappa shape index (κ1) is 11.7. The molecule has 5 heteroatoms. The highest BCUT2D eigenvalue weighted by atomic mass is 16.5. The largest absolute Gasteiger partial charge is 0.381 e. The number of ether oxygens (including phenoxy) is 1. The molecule has 0 unspecified atom stereocenters. The van der Waals surface area contributed by atoms with Crippen molar-refractivity contribution in [2.75, 3.05) is 19.8 Å². The van der Waals surface area contributed by atoms with E-state index in [1.165, 1.54) is 5.56 Å². The lowest BCUT2D eigenvalue weighted by Crippen LogP contribution is -2.36. The molecule has 3 heterocycles. The van der Waals surface area contributed by atoms with Gasteiger partial charge >= 0.3 is 0 Å². The molecule has 1 aromatic heterocycles. The fourth-order valence-electron chi connectivity index (χ4n) is 2.76. The van der Waals surface area contributed by atoms with Gasteiger partial charge in [-0.15, -0.1) is 0 Å². The van der Waals surface area contributed by atoms with E-state index in [0.29, 0.717) is 18.9 Å². The van der Waals surface area contributed by atoms with Crippen LogP contribution in [-0.2, 0) is 22.5 Å². The number of aromatic amines is 1. The SMILES string of the molecule is Cc1[nH]nc2c1CN(C(=O)C[C@H]1CCOC1)CC2. The van der Waals surface area contributed by atoms with Crippen LogP contribution in [0, 0.1) is 12.8 Å². The summed E-state index contributed by atoms with van der Waals surface area (Å²) in [4.78, 5) is 14.2. The summed E-state index contributed by atoms with van der Waals surface area (Å²) >= 11 is 0. The number of aromatic nitrogens is 2. The molecule has 0 bridgehead atoms. The molecule has 1 amide bonds. The fourth-order valence-corrected chi connectivity index (χ4v) is 2.76. The van der Waals surface area contributed by atoms with E-state index in [1.54, 1.807) is 0 Å². The molecule has 1 N–H and O–H groups in total. The van der Waals surface area contributed by atoms with Gasteiger partial charge in [0.15, 0.2) is 0 Å². The van der Waals surface area contributed by atoms with E-state index in [-0.39, 0.29) is 5.91 Å². The van der Waals surface area contributed by atoms with E-state index in [0.717, 1.165) is 44.0 Å². The Morgan fingerprint density at radius 1 is 1.61 bits per heavy atom. The molecule has 2 aliphatic heterocycles. The molecule has 1 atom stereocenters. The molecule has 1 fully saturated rings. The Bertz CT molecular complexity index is 449. The second kappa shape index (κ2) is 4.72. The fraction of sp³-hybridized carbons (Fsp3) is 0.692. The molecule has 0 aliphatic carbocycles. The van der Waals surface area contributed by atoms with E-state index in [2.05, 4.69) is 10.2 Å². The summed E-state index contributed by atoms with van der Waals surface area (Å²) in [6.45, 7) is 5.08. The van der Waals surface area contributed by atoms with Crippen LogP contribution in [0.3, 0.4) is 0 Å². The zero-order chi connectivity index (χ0) is 12.5. The topological polar surface area (TPSA) is 58.2 Å². The number of carbonyl (C=O) groups is 1. The quantitative estimate of drug-likeness (QED) is 0.851. The summed E-state index contributed by atoms with van der Waals surface area (Å²) in [6, 6.07) is 0. The number of amides is 1. The van der Waals surface area contributed by atoms with Crippen molar-refractivity contribution in [2.24, 2.45) is 5.92 Å². The van der Waals surface area contributed by atoms with Gasteiger partial charge in [0.25, 0.3) is 0 Å². The highest BCUT2D eigenvalue weighted by molar-refractivity contribution is 5.76. The van der Waals surface area contributed by atoms with Gasteiger partial charge in [0.1, 0.15) is 0 Å². The number of nitrogens with zero attached hydrogens (tertiary/aromatic N) is 2. The zero-order valence-electron chi connectivity index (χ0n) is 10.7. The van der Waals surface area contributed by atoms with Gasteiger partial charge in [0.05, 0.1) is 5.69 Å². The number of H-pyrrole nitrogens is 1. The zero-order valence-corrected chi connectivity index (χ0v) is 10.7. The van der Waals surface area contributed by atoms with Gasteiger partial charge in [-0.05, 0) is 19.3 Å². The van der Waals surface area contributed by atoms with Crippen LogP contribution in [0.4, 0.5) is 0 Å². The number of hydrogen-bond acceptors (Lipinski definition) is 3. The van der Waals surface area contributed by atoms with Crippen molar-refractivity contribution in [3.8, 4) is 0 Å². The minimum Gasteiger partial charge on any atom is -0.381 e. The molecular weight excluding hydrogens is 230 g/mol. The lowest BCUT2D eigenvalue weighted by atomic mass is 10.0. The molecule has 1 aromatic rings. The van der Waals surface area contributed by atoms with Crippen molar-refractivity contribution in [1.29, 1.82) is 0 Å². The van der Waals surface area contributed by atoms with Gasteiger partial charge in [0.2, 0.25) is 5.91 Å². The van der Waals surface area contributed by atoms with E-state index in [9.17, 15) is 4.79 Å². The maximum Gasteiger partial charge on any atom is 0.223 e. The van der Waals surface area contributed by atoms with Crippen LogP contribution in [0.1, 0.15) is 29.8 Å². The van der Waals surface area contributed by atoms with E-state index < -0.39 is 0 Å². The molecule has 0 spiro atoms. The Kier molecular flexibility index (Phi) is 3.07. The van der Waals surface area contributed by atoms with Crippen LogP contribution in [0.2, 0.25) is 0 Å². The maximum atomic E-state index is 12.2. The van der Waals surface area contributed by atoms with Crippen molar-refractivity contribution in [3.63, 3.8) is 0 Å². The van der Waals surface area contributed by atoms with E-state index in [1.807, 2.05) is 11.8 Å². The molecule has 2 aliphatic rings. The average molecular weight is 249 g/mol. The molecule has 1 saturated heterocycles. The van der Waals surface area contributed by atoms with Gasteiger partial charge in [0, 0.05) is 50.4 Å². The van der Waals surface area contributed by atoms with E-state index >= 15 is 0 Å². The monoisotopic (exact) mass is 249 g/mol. The number of fused-ring (bicyclic) bond motifs is 1. The molecular formula is C13H19N3O2. The molecule has 98 valence electrons. The lowest BCUT2D eigenvalue weighted by Gasteiger charge is -2.27. The van der Waals surface area contributed by atoms with Crippen LogP contribution >= 0.6 is 0 Å². The van der Waals surface area contributed by atoms with Crippen LogP contribution in [-0.4, -0.2) is 40.8 Å². The molecule has 3 rings (SSSR count). The highest BCUT2D eigenvalue weighted by Crippen LogP contribution is 2.23. The minimum atomic E-state index is 0.261. The molecule has 0 aromatic carbocycles. The first-order valence-corrected chi connectivity index (χ1v) is 6.62. The van der Waals surface area contributed by atoms with Crippen LogP contribution in [0.15, 0.2) is 0 Å². The van der Waals surface area contributed by atoms with Crippen LogP contribution < -0.4 is 0 Å². The number of carbonyl (C=O) groups excluding carboxylic acids is 1. The third-order valence-electron chi connectivity index (χ3n) is 3.97. The number of nitrogens with one attached hydrogen (secondary N) is 1. The summed E-state index contributed by atoms with van der Waals surface area (Å²) in [5.74, 6) is 0.682. The predicted octanol–water partition coefficient (Wildman–Crippen LogP) is 1.03. The van der Waals surface area contributed by atoms with Crippen molar-refractivity contribution in [2.45, 2.75) is 32.7 Å². The lowest BCUT2D eigenvalue weighted by molar-refractivity contribution is -0.133. The first-order chi connectivity index (χ1) is 8.74.